The average Bonchev–Trinajstić information content (AvgIpc) is 2.53. The standard InChI is InChI=1S/C15H22F2N2O/c1-14(2)8-11(15(3,4)20-14)13(19-18)10-7-9(16)5-6-12(10)17/h5-7,11,13,19H,8,18H2,1-4H3. The van der Waals surface area contributed by atoms with Crippen molar-refractivity contribution in [3.8, 4) is 0 Å². The largest absolute Gasteiger partial charge is 0.369 e. The molecule has 1 heterocycles. The molecular formula is C15H22F2N2O. The molecule has 20 heavy (non-hydrogen) atoms. The smallest absolute Gasteiger partial charge is 0.128 e. The summed E-state index contributed by atoms with van der Waals surface area (Å²) in [6.45, 7) is 7.89. The number of hydrogen-bond acceptors (Lipinski definition) is 3. The van der Waals surface area contributed by atoms with Crippen LogP contribution in [-0.2, 0) is 4.74 Å². The van der Waals surface area contributed by atoms with Gasteiger partial charge in [-0.3, -0.25) is 11.3 Å². The van der Waals surface area contributed by atoms with Gasteiger partial charge in [0, 0.05) is 11.5 Å². The number of nitrogens with two attached hydrogens (primary N) is 1. The second kappa shape index (κ2) is 5.06. The molecule has 1 fully saturated rings. The molecule has 2 rings (SSSR count). The lowest BCUT2D eigenvalue weighted by atomic mass is 9.79. The number of ether oxygens (including phenoxy) is 1. The van der Waals surface area contributed by atoms with Crippen molar-refractivity contribution >= 4 is 0 Å². The van der Waals surface area contributed by atoms with E-state index >= 15 is 0 Å². The van der Waals surface area contributed by atoms with Crippen LogP contribution < -0.4 is 11.3 Å². The highest BCUT2D eigenvalue weighted by molar-refractivity contribution is 5.24. The van der Waals surface area contributed by atoms with E-state index in [1.54, 1.807) is 0 Å². The predicted molar refractivity (Wildman–Crippen MR) is 73.8 cm³/mol. The molecule has 1 aliphatic rings. The van der Waals surface area contributed by atoms with Gasteiger partial charge in [0.05, 0.1) is 17.2 Å². The molecule has 5 heteroatoms. The van der Waals surface area contributed by atoms with Gasteiger partial charge in [-0.2, -0.15) is 0 Å². The molecule has 1 saturated heterocycles. The number of rotatable bonds is 3. The van der Waals surface area contributed by atoms with Crippen molar-refractivity contribution in [2.24, 2.45) is 11.8 Å². The first-order valence-electron chi connectivity index (χ1n) is 6.77. The average molecular weight is 284 g/mol. The molecule has 0 aromatic heterocycles. The molecule has 3 N–H and O–H groups in total. The van der Waals surface area contributed by atoms with Gasteiger partial charge in [-0.25, -0.2) is 8.78 Å². The Balaban J connectivity index is 2.40. The van der Waals surface area contributed by atoms with Gasteiger partial charge >= 0.3 is 0 Å². The van der Waals surface area contributed by atoms with Gasteiger partial charge in [0.25, 0.3) is 0 Å². The van der Waals surface area contributed by atoms with Crippen LogP contribution in [-0.4, -0.2) is 11.2 Å². The van der Waals surface area contributed by atoms with Gasteiger partial charge in [-0.1, -0.05) is 0 Å². The molecule has 1 aromatic carbocycles. The molecule has 0 amide bonds. The Kier molecular flexibility index (Phi) is 3.88. The molecule has 3 nitrogen and oxygen atoms in total. The third kappa shape index (κ3) is 2.85. The summed E-state index contributed by atoms with van der Waals surface area (Å²) < 4.78 is 33.4. The molecule has 112 valence electrons. The van der Waals surface area contributed by atoms with Crippen LogP contribution in [0.2, 0.25) is 0 Å². The Morgan fingerprint density at radius 1 is 1.30 bits per heavy atom. The minimum atomic E-state index is -0.498. The molecule has 0 bridgehead atoms. The maximum Gasteiger partial charge on any atom is 0.128 e. The number of benzene rings is 1. The minimum Gasteiger partial charge on any atom is -0.369 e. The first-order valence-corrected chi connectivity index (χ1v) is 6.77. The predicted octanol–water partition coefficient (Wildman–Crippen LogP) is 3.06. The molecule has 2 atom stereocenters. The molecule has 0 spiro atoms. The summed E-state index contributed by atoms with van der Waals surface area (Å²) >= 11 is 0. The van der Waals surface area contributed by atoms with E-state index in [-0.39, 0.29) is 17.1 Å². The zero-order chi connectivity index (χ0) is 15.1. The van der Waals surface area contributed by atoms with Gasteiger partial charge in [-0.15, -0.1) is 0 Å². The highest BCUT2D eigenvalue weighted by atomic mass is 19.1. The number of hydrazine groups is 1. The van der Waals surface area contributed by atoms with Crippen molar-refractivity contribution in [1.29, 1.82) is 0 Å². The number of hydrogen-bond donors (Lipinski definition) is 2. The van der Waals surface area contributed by atoms with Gasteiger partial charge in [0.2, 0.25) is 0 Å². The zero-order valence-electron chi connectivity index (χ0n) is 12.3. The van der Waals surface area contributed by atoms with Crippen LogP contribution in [0.15, 0.2) is 18.2 Å². The Bertz CT molecular complexity index is 503. The molecule has 2 unspecified atom stereocenters. The highest BCUT2D eigenvalue weighted by Crippen LogP contribution is 2.47. The summed E-state index contributed by atoms with van der Waals surface area (Å²) in [6, 6.07) is 2.93. The fourth-order valence-corrected chi connectivity index (χ4v) is 3.30. The van der Waals surface area contributed by atoms with Gasteiger partial charge < -0.3 is 4.74 Å². The van der Waals surface area contributed by atoms with Crippen molar-refractivity contribution in [3.63, 3.8) is 0 Å². The van der Waals surface area contributed by atoms with Gasteiger partial charge in [-0.05, 0) is 52.3 Å². The molecule has 1 aromatic rings. The second-order valence-corrected chi connectivity index (χ2v) is 6.59. The van der Waals surface area contributed by atoms with Crippen LogP contribution in [0.1, 0.15) is 45.7 Å². The third-order valence-corrected chi connectivity index (χ3v) is 4.02. The van der Waals surface area contributed by atoms with Crippen LogP contribution >= 0.6 is 0 Å². The Hall–Kier alpha value is -1.04. The monoisotopic (exact) mass is 284 g/mol. The summed E-state index contributed by atoms with van der Waals surface area (Å²) in [4.78, 5) is 0. The van der Waals surface area contributed by atoms with Crippen LogP contribution in [0, 0.1) is 17.6 Å². The highest BCUT2D eigenvalue weighted by Gasteiger charge is 2.49. The van der Waals surface area contributed by atoms with E-state index in [9.17, 15) is 8.78 Å². The summed E-state index contributed by atoms with van der Waals surface area (Å²) in [7, 11) is 0. The van der Waals surface area contributed by atoms with Crippen molar-refractivity contribution in [2.75, 3.05) is 0 Å². The van der Waals surface area contributed by atoms with Crippen molar-refractivity contribution in [2.45, 2.75) is 51.4 Å². The van der Waals surface area contributed by atoms with E-state index in [0.717, 1.165) is 12.1 Å². The molecule has 0 aliphatic carbocycles. The zero-order valence-corrected chi connectivity index (χ0v) is 12.3. The van der Waals surface area contributed by atoms with Crippen molar-refractivity contribution < 1.29 is 13.5 Å². The van der Waals surface area contributed by atoms with E-state index in [0.29, 0.717) is 6.42 Å². The van der Waals surface area contributed by atoms with Crippen LogP contribution in [0.25, 0.3) is 0 Å². The van der Waals surface area contributed by atoms with E-state index < -0.39 is 23.3 Å². The maximum absolute atomic E-state index is 14.0. The van der Waals surface area contributed by atoms with Gasteiger partial charge in [0.1, 0.15) is 11.6 Å². The van der Waals surface area contributed by atoms with Crippen LogP contribution in [0.3, 0.4) is 0 Å². The first-order chi connectivity index (χ1) is 9.16. The molecule has 0 saturated carbocycles. The molecular weight excluding hydrogens is 262 g/mol. The van der Waals surface area contributed by atoms with Gasteiger partial charge in [0.15, 0.2) is 0 Å². The summed E-state index contributed by atoms with van der Waals surface area (Å²) in [6.07, 6.45) is 0.713. The lowest BCUT2D eigenvalue weighted by Crippen LogP contribution is -2.41. The van der Waals surface area contributed by atoms with E-state index in [4.69, 9.17) is 10.6 Å². The molecule has 0 radical (unpaired) electrons. The third-order valence-electron chi connectivity index (χ3n) is 4.02. The van der Waals surface area contributed by atoms with E-state index in [2.05, 4.69) is 5.43 Å². The normalized spacial score (nSPS) is 25.6. The Morgan fingerprint density at radius 3 is 2.45 bits per heavy atom. The second-order valence-electron chi connectivity index (χ2n) is 6.59. The Morgan fingerprint density at radius 2 is 1.95 bits per heavy atom. The first kappa shape index (κ1) is 15.4. The quantitative estimate of drug-likeness (QED) is 0.662. The summed E-state index contributed by atoms with van der Waals surface area (Å²) in [5.74, 6) is 4.62. The SMILES string of the molecule is CC1(C)CC(C(NN)c2cc(F)ccc2F)C(C)(C)O1. The number of nitrogens with one attached hydrogen (secondary N) is 1. The summed E-state index contributed by atoms with van der Waals surface area (Å²) in [5, 5.41) is 0. The maximum atomic E-state index is 14.0. The van der Waals surface area contributed by atoms with E-state index in [1.807, 2.05) is 27.7 Å². The fraction of sp³-hybridized carbons (Fsp3) is 0.600. The molecule has 1 aliphatic heterocycles. The van der Waals surface area contributed by atoms with Crippen LogP contribution in [0.4, 0.5) is 8.78 Å². The Labute approximate surface area is 118 Å². The van der Waals surface area contributed by atoms with E-state index in [1.165, 1.54) is 6.07 Å². The van der Waals surface area contributed by atoms with Crippen LogP contribution in [0.5, 0.6) is 0 Å². The summed E-state index contributed by atoms with van der Waals surface area (Å²) in [5.41, 5.74) is 2.09. The fourth-order valence-electron chi connectivity index (χ4n) is 3.30. The number of halogens is 2. The van der Waals surface area contributed by atoms with Crippen molar-refractivity contribution in [3.05, 3.63) is 35.4 Å². The minimum absolute atomic E-state index is 0.0567. The van der Waals surface area contributed by atoms with Crippen molar-refractivity contribution in [1.82, 2.24) is 5.43 Å². The lowest BCUT2D eigenvalue weighted by Gasteiger charge is -2.33. The lowest BCUT2D eigenvalue weighted by molar-refractivity contribution is -0.0779. The topological polar surface area (TPSA) is 47.3 Å².